The maximum absolute atomic E-state index is 11.6. The molecule has 0 aromatic heterocycles. The van der Waals surface area contributed by atoms with Gasteiger partial charge in [0.05, 0.1) is 0 Å². The van der Waals surface area contributed by atoms with Crippen molar-refractivity contribution in [3.63, 3.8) is 0 Å². The van der Waals surface area contributed by atoms with Crippen LogP contribution in [0, 0.1) is 0 Å². The van der Waals surface area contributed by atoms with Crippen molar-refractivity contribution in [1.82, 2.24) is 15.5 Å². The molecule has 5 nitrogen and oxygen atoms in total. The Bertz CT molecular complexity index is 315. The average molecular weight is 285 g/mol. The fourth-order valence-electron chi connectivity index (χ4n) is 2.45. The monoisotopic (exact) mass is 285 g/mol. The minimum atomic E-state index is -0.440. The highest BCUT2D eigenvalue weighted by atomic mass is 16.6. The average Bonchev–Trinajstić information content (AvgIpc) is 2.29. The Labute approximate surface area is 123 Å². The van der Waals surface area contributed by atoms with Crippen molar-refractivity contribution in [2.75, 3.05) is 20.1 Å². The molecule has 0 aromatic carbocycles. The van der Waals surface area contributed by atoms with E-state index in [1.165, 1.54) is 0 Å². The fourth-order valence-corrected chi connectivity index (χ4v) is 2.45. The number of carbonyl (C=O) groups excluding carboxylic acids is 1. The van der Waals surface area contributed by atoms with Gasteiger partial charge in [0.25, 0.3) is 0 Å². The number of carbonyl (C=O) groups is 1. The predicted octanol–water partition coefficient (Wildman–Crippen LogP) is 1.97. The SMILES string of the molecule is CC(CNC(=O)OC(C)(C)C)NC1CCN(C)C(C)C1. The number of piperidine rings is 1. The molecule has 3 atom stereocenters. The third-order valence-corrected chi connectivity index (χ3v) is 3.68. The van der Waals surface area contributed by atoms with E-state index in [2.05, 4.69) is 36.4 Å². The van der Waals surface area contributed by atoms with E-state index in [0.29, 0.717) is 18.6 Å². The van der Waals surface area contributed by atoms with E-state index >= 15 is 0 Å². The third-order valence-electron chi connectivity index (χ3n) is 3.68. The molecule has 0 aliphatic carbocycles. The second kappa shape index (κ2) is 7.27. The molecule has 0 radical (unpaired) electrons. The van der Waals surface area contributed by atoms with Crippen molar-refractivity contribution in [3.05, 3.63) is 0 Å². The number of nitrogens with zero attached hydrogens (tertiary/aromatic N) is 1. The molecule has 0 aromatic rings. The first-order valence-corrected chi connectivity index (χ1v) is 7.60. The van der Waals surface area contributed by atoms with Gasteiger partial charge in [0, 0.05) is 24.7 Å². The number of ether oxygens (including phenoxy) is 1. The molecule has 1 heterocycles. The van der Waals surface area contributed by atoms with Crippen molar-refractivity contribution >= 4 is 6.09 Å². The van der Waals surface area contributed by atoms with Gasteiger partial charge in [0.15, 0.2) is 0 Å². The molecular formula is C15H31N3O2. The zero-order valence-corrected chi connectivity index (χ0v) is 13.8. The van der Waals surface area contributed by atoms with E-state index in [1.54, 1.807) is 0 Å². The van der Waals surface area contributed by atoms with Crippen LogP contribution in [0.25, 0.3) is 0 Å². The van der Waals surface area contributed by atoms with Crippen LogP contribution in [0.2, 0.25) is 0 Å². The summed E-state index contributed by atoms with van der Waals surface area (Å²) in [5, 5.41) is 6.41. The maximum atomic E-state index is 11.6. The second-order valence-corrected chi connectivity index (χ2v) is 7.00. The van der Waals surface area contributed by atoms with Crippen LogP contribution in [0.4, 0.5) is 4.79 Å². The highest BCUT2D eigenvalue weighted by Crippen LogP contribution is 2.15. The smallest absolute Gasteiger partial charge is 0.407 e. The van der Waals surface area contributed by atoms with E-state index < -0.39 is 5.60 Å². The summed E-state index contributed by atoms with van der Waals surface area (Å²) in [6, 6.07) is 1.41. The molecule has 1 aliphatic heterocycles. The molecule has 0 bridgehead atoms. The number of likely N-dealkylation sites (tertiary alicyclic amines) is 1. The Balaban J connectivity index is 2.23. The Hall–Kier alpha value is -0.810. The molecule has 3 unspecified atom stereocenters. The lowest BCUT2D eigenvalue weighted by Crippen LogP contribution is -2.50. The van der Waals surface area contributed by atoms with Gasteiger partial charge in [-0.1, -0.05) is 0 Å². The number of alkyl carbamates (subject to hydrolysis) is 1. The van der Waals surface area contributed by atoms with Gasteiger partial charge < -0.3 is 20.3 Å². The van der Waals surface area contributed by atoms with Gasteiger partial charge in [-0.2, -0.15) is 0 Å². The van der Waals surface area contributed by atoms with E-state index in [-0.39, 0.29) is 12.1 Å². The minimum Gasteiger partial charge on any atom is -0.444 e. The Morgan fingerprint density at radius 2 is 2.10 bits per heavy atom. The van der Waals surface area contributed by atoms with Gasteiger partial charge in [0.2, 0.25) is 0 Å². The standard InChI is InChI=1S/C15H31N3O2/c1-11(10-16-14(19)20-15(3,4)5)17-13-7-8-18(6)12(2)9-13/h11-13,17H,7-10H2,1-6H3,(H,16,19). The van der Waals surface area contributed by atoms with E-state index in [9.17, 15) is 4.79 Å². The van der Waals surface area contributed by atoms with Crippen LogP contribution in [0.15, 0.2) is 0 Å². The van der Waals surface area contributed by atoms with Crippen LogP contribution < -0.4 is 10.6 Å². The van der Waals surface area contributed by atoms with Crippen molar-refractivity contribution in [2.45, 2.75) is 71.2 Å². The molecule has 2 N–H and O–H groups in total. The van der Waals surface area contributed by atoms with Crippen molar-refractivity contribution in [1.29, 1.82) is 0 Å². The number of rotatable bonds is 4. The minimum absolute atomic E-state index is 0.253. The number of hydrogen-bond acceptors (Lipinski definition) is 4. The summed E-state index contributed by atoms with van der Waals surface area (Å²) < 4.78 is 5.22. The number of hydrogen-bond donors (Lipinski definition) is 2. The lowest BCUT2D eigenvalue weighted by molar-refractivity contribution is 0.0521. The summed E-state index contributed by atoms with van der Waals surface area (Å²) in [5.74, 6) is 0. The summed E-state index contributed by atoms with van der Waals surface area (Å²) in [5.41, 5.74) is -0.440. The molecule has 1 saturated heterocycles. The second-order valence-electron chi connectivity index (χ2n) is 7.00. The zero-order chi connectivity index (χ0) is 15.3. The number of nitrogens with one attached hydrogen (secondary N) is 2. The normalized spacial score (nSPS) is 26.1. The third kappa shape index (κ3) is 6.57. The largest absolute Gasteiger partial charge is 0.444 e. The summed E-state index contributed by atoms with van der Waals surface area (Å²) >= 11 is 0. The predicted molar refractivity (Wildman–Crippen MR) is 81.9 cm³/mol. The molecule has 0 saturated carbocycles. The molecule has 20 heavy (non-hydrogen) atoms. The molecule has 118 valence electrons. The fraction of sp³-hybridized carbons (Fsp3) is 0.933. The van der Waals surface area contributed by atoms with Crippen LogP contribution in [0.5, 0.6) is 0 Å². The molecule has 0 spiro atoms. The summed E-state index contributed by atoms with van der Waals surface area (Å²) in [7, 11) is 2.17. The highest BCUT2D eigenvalue weighted by Gasteiger charge is 2.24. The molecule has 1 amide bonds. The lowest BCUT2D eigenvalue weighted by Gasteiger charge is -2.36. The van der Waals surface area contributed by atoms with Gasteiger partial charge in [0.1, 0.15) is 5.60 Å². The van der Waals surface area contributed by atoms with Crippen molar-refractivity contribution in [2.24, 2.45) is 0 Å². The Kier molecular flexibility index (Phi) is 6.27. The quantitative estimate of drug-likeness (QED) is 0.829. The molecule has 1 rings (SSSR count). The van der Waals surface area contributed by atoms with Crippen molar-refractivity contribution < 1.29 is 9.53 Å². The van der Waals surface area contributed by atoms with Gasteiger partial charge >= 0.3 is 6.09 Å². The van der Waals surface area contributed by atoms with Crippen LogP contribution in [0.1, 0.15) is 47.5 Å². The summed E-state index contributed by atoms with van der Waals surface area (Å²) in [4.78, 5) is 14.0. The van der Waals surface area contributed by atoms with E-state index in [4.69, 9.17) is 4.74 Å². The van der Waals surface area contributed by atoms with Gasteiger partial charge in [-0.25, -0.2) is 4.79 Å². The first-order valence-electron chi connectivity index (χ1n) is 7.60. The van der Waals surface area contributed by atoms with Gasteiger partial charge in [-0.15, -0.1) is 0 Å². The van der Waals surface area contributed by atoms with Crippen LogP contribution >= 0.6 is 0 Å². The zero-order valence-electron chi connectivity index (χ0n) is 13.8. The van der Waals surface area contributed by atoms with Crippen molar-refractivity contribution in [3.8, 4) is 0 Å². The molecule has 1 aliphatic rings. The topological polar surface area (TPSA) is 53.6 Å². The van der Waals surface area contributed by atoms with Gasteiger partial charge in [-0.3, -0.25) is 0 Å². The molecule has 1 fully saturated rings. The Morgan fingerprint density at radius 1 is 1.45 bits per heavy atom. The Morgan fingerprint density at radius 3 is 2.65 bits per heavy atom. The molecular weight excluding hydrogens is 254 g/mol. The summed E-state index contributed by atoms with van der Waals surface area (Å²) in [6.45, 7) is 11.7. The number of amides is 1. The van der Waals surface area contributed by atoms with E-state index in [1.807, 2.05) is 20.8 Å². The summed E-state index contributed by atoms with van der Waals surface area (Å²) in [6.07, 6.45) is 1.98. The van der Waals surface area contributed by atoms with Gasteiger partial charge in [-0.05, 0) is 61.1 Å². The first kappa shape index (κ1) is 17.2. The first-order chi connectivity index (χ1) is 9.17. The van der Waals surface area contributed by atoms with Crippen LogP contribution in [-0.2, 0) is 4.74 Å². The maximum Gasteiger partial charge on any atom is 0.407 e. The molecule has 5 heteroatoms. The lowest BCUT2D eigenvalue weighted by atomic mass is 9.98. The van der Waals surface area contributed by atoms with Crippen LogP contribution in [-0.4, -0.2) is 54.9 Å². The van der Waals surface area contributed by atoms with Crippen LogP contribution in [0.3, 0.4) is 0 Å². The van der Waals surface area contributed by atoms with E-state index in [0.717, 1.165) is 19.4 Å². The highest BCUT2D eigenvalue weighted by molar-refractivity contribution is 5.67.